The lowest BCUT2D eigenvalue weighted by Gasteiger charge is -2.15. The number of amides is 1. The number of ether oxygens (including phenoxy) is 2. The third-order valence-electron chi connectivity index (χ3n) is 4.07. The SMILES string of the molecule is COc1ccc(OCCNC(=O)C(C)n2nc(-c3cccs3)ccc2=O)cc1. The van der Waals surface area contributed by atoms with E-state index in [1.165, 1.54) is 22.1 Å². The van der Waals surface area contributed by atoms with Crippen LogP contribution in [0.15, 0.2) is 58.7 Å². The zero-order chi connectivity index (χ0) is 19.9. The molecule has 0 aliphatic carbocycles. The minimum Gasteiger partial charge on any atom is -0.497 e. The van der Waals surface area contributed by atoms with Crippen molar-refractivity contribution in [1.82, 2.24) is 15.1 Å². The molecule has 0 bridgehead atoms. The zero-order valence-electron chi connectivity index (χ0n) is 15.6. The van der Waals surface area contributed by atoms with Gasteiger partial charge in [0.25, 0.3) is 5.56 Å². The molecule has 2 heterocycles. The van der Waals surface area contributed by atoms with Gasteiger partial charge in [-0.05, 0) is 48.7 Å². The Morgan fingerprint density at radius 2 is 1.93 bits per heavy atom. The van der Waals surface area contributed by atoms with Gasteiger partial charge in [-0.2, -0.15) is 5.10 Å². The first-order chi connectivity index (χ1) is 13.6. The first-order valence-corrected chi connectivity index (χ1v) is 9.65. The van der Waals surface area contributed by atoms with Crippen molar-refractivity contribution in [2.75, 3.05) is 20.3 Å². The van der Waals surface area contributed by atoms with E-state index in [1.807, 2.05) is 17.5 Å². The maximum Gasteiger partial charge on any atom is 0.267 e. The summed E-state index contributed by atoms with van der Waals surface area (Å²) in [6.45, 7) is 2.27. The largest absolute Gasteiger partial charge is 0.497 e. The van der Waals surface area contributed by atoms with Gasteiger partial charge in [0.1, 0.15) is 29.8 Å². The predicted octanol–water partition coefficient (Wildman–Crippen LogP) is 2.74. The molecule has 1 N–H and O–H groups in total. The summed E-state index contributed by atoms with van der Waals surface area (Å²) in [5.74, 6) is 1.14. The highest BCUT2D eigenvalue weighted by atomic mass is 32.1. The van der Waals surface area contributed by atoms with E-state index >= 15 is 0 Å². The third kappa shape index (κ3) is 4.77. The molecule has 0 aliphatic rings. The summed E-state index contributed by atoms with van der Waals surface area (Å²) in [7, 11) is 1.60. The Balaban J connectivity index is 1.55. The highest BCUT2D eigenvalue weighted by Gasteiger charge is 2.17. The number of nitrogens with zero attached hydrogens (tertiary/aromatic N) is 2. The molecule has 1 atom stereocenters. The summed E-state index contributed by atoms with van der Waals surface area (Å²) in [5, 5.41) is 9.04. The molecule has 0 fully saturated rings. The van der Waals surface area contributed by atoms with E-state index in [-0.39, 0.29) is 11.5 Å². The van der Waals surface area contributed by atoms with E-state index in [0.29, 0.717) is 24.6 Å². The molecule has 146 valence electrons. The molecule has 0 saturated heterocycles. The summed E-state index contributed by atoms with van der Waals surface area (Å²) in [4.78, 5) is 25.5. The van der Waals surface area contributed by atoms with Crippen molar-refractivity contribution in [2.24, 2.45) is 0 Å². The first-order valence-electron chi connectivity index (χ1n) is 8.77. The number of hydrogen-bond acceptors (Lipinski definition) is 6. The molecule has 0 spiro atoms. The van der Waals surface area contributed by atoms with Gasteiger partial charge in [-0.1, -0.05) is 6.07 Å². The molecule has 1 unspecified atom stereocenters. The number of nitrogens with one attached hydrogen (secondary N) is 1. The van der Waals surface area contributed by atoms with Gasteiger partial charge >= 0.3 is 0 Å². The average molecular weight is 399 g/mol. The van der Waals surface area contributed by atoms with Crippen LogP contribution in [0.1, 0.15) is 13.0 Å². The smallest absolute Gasteiger partial charge is 0.267 e. The summed E-state index contributed by atoms with van der Waals surface area (Å²) in [6.07, 6.45) is 0. The molecule has 3 rings (SSSR count). The Bertz CT molecular complexity index is 968. The molecule has 2 aromatic heterocycles. The molecule has 28 heavy (non-hydrogen) atoms. The average Bonchev–Trinajstić information content (AvgIpc) is 3.26. The highest BCUT2D eigenvalue weighted by Crippen LogP contribution is 2.21. The molecule has 3 aromatic rings. The van der Waals surface area contributed by atoms with Crippen LogP contribution in [-0.4, -0.2) is 35.9 Å². The van der Waals surface area contributed by atoms with E-state index in [9.17, 15) is 9.59 Å². The van der Waals surface area contributed by atoms with Crippen molar-refractivity contribution in [3.63, 3.8) is 0 Å². The lowest BCUT2D eigenvalue weighted by Crippen LogP contribution is -2.38. The molecule has 0 radical (unpaired) electrons. The first kappa shape index (κ1) is 19.6. The van der Waals surface area contributed by atoms with E-state index in [4.69, 9.17) is 9.47 Å². The molecule has 0 aliphatic heterocycles. The monoisotopic (exact) mass is 399 g/mol. The standard InChI is InChI=1S/C20H21N3O4S/c1-14(23-19(24)10-9-17(22-23)18-4-3-13-28-18)20(25)21-11-12-27-16-7-5-15(26-2)6-8-16/h3-10,13-14H,11-12H2,1-2H3,(H,21,25). The van der Waals surface area contributed by atoms with Gasteiger partial charge in [0.05, 0.1) is 18.5 Å². The number of rotatable bonds is 8. The lowest BCUT2D eigenvalue weighted by atomic mass is 10.3. The Hall–Kier alpha value is -3.13. The maximum atomic E-state index is 12.4. The molecule has 7 nitrogen and oxygen atoms in total. The predicted molar refractivity (Wildman–Crippen MR) is 108 cm³/mol. The lowest BCUT2D eigenvalue weighted by molar-refractivity contribution is -0.124. The molecule has 8 heteroatoms. The minimum atomic E-state index is -0.728. The summed E-state index contributed by atoms with van der Waals surface area (Å²) in [5.41, 5.74) is 0.342. The third-order valence-corrected chi connectivity index (χ3v) is 4.97. The molecule has 1 aromatic carbocycles. The fourth-order valence-corrected chi connectivity index (χ4v) is 3.22. The van der Waals surface area contributed by atoms with Crippen LogP contribution < -0.4 is 20.3 Å². The van der Waals surface area contributed by atoms with Crippen LogP contribution in [-0.2, 0) is 4.79 Å². The van der Waals surface area contributed by atoms with Crippen molar-refractivity contribution in [1.29, 1.82) is 0 Å². The Kier molecular flexibility index (Phi) is 6.44. The van der Waals surface area contributed by atoms with Crippen LogP contribution in [0.4, 0.5) is 0 Å². The fourth-order valence-electron chi connectivity index (χ4n) is 2.53. The topological polar surface area (TPSA) is 82.4 Å². The second-order valence-corrected chi connectivity index (χ2v) is 6.92. The summed E-state index contributed by atoms with van der Waals surface area (Å²) < 4.78 is 11.9. The van der Waals surface area contributed by atoms with Gasteiger partial charge in [-0.15, -0.1) is 11.3 Å². The van der Waals surface area contributed by atoms with Gasteiger partial charge in [0.15, 0.2) is 0 Å². The van der Waals surface area contributed by atoms with Crippen LogP contribution in [0.3, 0.4) is 0 Å². The normalized spacial score (nSPS) is 11.6. The van der Waals surface area contributed by atoms with Gasteiger partial charge < -0.3 is 14.8 Å². The van der Waals surface area contributed by atoms with Crippen molar-refractivity contribution >= 4 is 17.2 Å². The summed E-state index contributed by atoms with van der Waals surface area (Å²) in [6, 6.07) is 13.4. The number of methoxy groups -OCH3 is 1. The van der Waals surface area contributed by atoms with Gasteiger partial charge in [-0.25, -0.2) is 4.68 Å². The van der Waals surface area contributed by atoms with E-state index in [1.54, 1.807) is 44.4 Å². The number of carbonyl (C=O) groups is 1. The Labute approximate surface area is 166 Å². The zero-order valence-corrected chi connectivity index (χ0v) is 16.4. The number of aromatic nitrogens is 2. The van der Waals surface area contributed by atoms with E-state index in [0.717, 1.165) is 10.6 Å². The maximum absolute atomic E-state index is 12.4. The quantitative estimate of drug-likeness (QED) is 0.589. The minimum absolute atomic E-state index is 0.295. The van der Waals surface area contributed by atoms with Crippen LogP contribution >= 0.6 is 11.3 Å². The van der Waals surface area contributed by atoms with Gasteiger partial charge in [0, 0.05) is 6.07 Å². The van der Waals surface area contributed by atoms with Gasteiger partial charge in [-0.3, -0.25) is 9.59 Å². The van der Waals surface area contributed by atoms with E-state index in [2.05, 4.69) is 10.4 Å². The Morgan fingerprint density at radius 3 is 2.61 bits per heavy atom. The van der Waals surface area contributed by atoms with Crippen molar-refractivity contribution in [3.8, 4) is 22.1 Å². The van der Waals surface area contributed by atoms with Crippen LogP contribution in [0.2, 0.25) is 0 Å². The fraction of sp³-hybridized carbons (Fsp3) is 0.250. The molecule has 1 amide bonds. The highest BCUT2D eigenvalue weighted by molar-refractivity contribution is 7.13. The summed E-state index contributed by atoms with van der Waals surface area (Å²) >= 11 is 1.52. The number of benzene rings is 1. The number of carbonyl (C=O) groups excluding carboxylic acids is 1. The van der Waals surface area contributed by atoms with Gasteiger partial charge in [0.2, 0.25) is 5.91 Å². The van der Waals surface area contributed by atoms with Crippen molar-refractivity contribution in [3.05, 3.63) is 64.3 Å². The van der Waals surface area contributed by atoms with Crippen molar-refractivity contribution < 1.29 is 14.3 Å². The van der Waals surface area contributed by atoms with Crippen molar-refractivity contribution in [2.45, 2.75) is 13.0 Å². The second kappa shape index (κ2) is 9.18. The van der Waals surface area contributed by atoms with Crippen LogP contribution in [0.5, 0.6) is 11.5 Å². The van der Waals surface area contributed by atoms with Crippen LogP contribution in [0.25, 0.3) is 10.6 Å². The number of hydrogen-bond donors (Lipinski definition) is 1. The van der Waals surface area contributed by atoms with E-state index < -0.39 is 6.04 Å². The molecular weight excluding hydrogens is 378 g/mol. The number of thiophene rings is 1. The molecule has 0 saturated carbocycles. The Morgan fingerprint density at radius 1 is 1.18 bits per heavy atom. The van der Waals surface area contributed by atoms with Crippen LogP contribution in [0, 0.1) is 0 Å². The molecular formula is C20H21N3O4S. The second-order valence-electron chi connectivity index (χ2n) is 5.97.